The highest BCUT2D eigenvalue weighted by Crippen LogP contribution is 2.24. The summed E-state index contributed by atoms with van der Waals surface area (Å²) in [5.74, 6) is -0.325. The van der Waals surface area contributed by atoms with E-state index >= 15 is 0 Å². The van der Waals surface area contributed by atoms with E-state index in [1.165, 1.54) is 12.1 Å². The van der Waals surface area contributed by atoms with Gasteiger partial charge in [-0.15, -0.1) is 0 Å². The second kappa shape index (κ2) is 9.22. The maximum Gasteiger partial charge on any atom is 0.253 e. The molecule has 4 rings (SSSR count). The molecule has 5 nitrogen and oxygen atoms in total. The third-order valence-corrected chi connectivity index (χ3v) is 6.47. The number of rotatable bonds is 5. The van der Waals surface area contributed by atoms with Crippen molar-refractivity contribution in [3.05, 3.63) is 69.6 Å². The quantitative estimate of drug-likeness (QED) is 0.554. The average molecular weight is 486 g/mol. The number of fused-ring (bicyclic) bond motifs is 1. The van der Waals surface area contributed by atoms with Crippen molar-refractivity contribution in [1.29, 1.82) is 0 Å². The number of benzene rings is 2. The fraction of sp³-hybridized carbons (Fsp3) is 0.333. The van der Waals surface area contributed by atoms with E-state index < -0.39 is 0 Å². The van der Waals surface area contributed by atoms with Gasteiger partial charge in [-0.05, 0) is 68.1 Å². The van der Waals surface area contributed by atoms with Gasteiger partial charge in [0, 0.05) is 52.2 Å². The molecule has 7 heteroatoms. The maximum absolute atomic E-state index is 13.6. The monoisotopic (exact) mass is 485 g/mol. The first kappa shape index (κ1) is 21.6. The molecule has 0 unspecified atom stereocenters. The number of halogens is 2. The van der Waals surface area contributed by atoms with Crippen LogP contribution >= 0.6 is 15.9 Å². The van der Waals surface area contributed by atoms with Gasteiger partial charge in [-0.3, -0.25) is 9.59 Å². The molecule has 0 aliphatic carbocycles. The number of aryl methyl sites for hydroxylation is 1. The van der Waals surface area contributed by atoms with Crippen molar-refractivity contribution < 1.29 is 14.0 Å². The molecule has 3 aromatic rings. The highest BCUT2D eigenvalue weighted by molar-refractivity contribution is 9.10. The van der Waals surface area contributed by atoms with E-state index in [2.05, 4.69) is 26.2 Å². The zero-order valence-electron chi connectivity index (χ0n) is 17.4. The Balaban J connectivity index is 1.28. The van der Waals surface area contributed by atoms with E-state index in [-0.39, 0.29) is 23.5 Å². The second-order valence-corrected chi connectivity index (χ2v) is 8.95. The van der Waals surface area contributed by atoms with Crippen molar-refractivity contribution >= 4 is 38.6 Å². The molecule has 1 aromatic heterocycles. The lowest BCUT2D eigenvalue weighted by molar-refractivity contribution is -0.126. The standard InChI is InChI=1S/C24H25BrFN3O2/c1-15-20(21-14-19(26)5-6-22(21)28-15)7-10-27-23(30)16-8-11-29(12-9-16)24(31)17-3-2-4-18(25)13-17/h2-6,13-14,16,28H,7-12H2,1H3,(H,27,30). The van der Waals surface area contributed by atoms with Crippen LogP contribution in [0.1, 0.15) is 34.5 Å². The molecule has 1 saturated heterocycles. The summed E-state index contributed by atoms with van der Waals surface area (Å²) in [7, 11) is 0. The van der Waals surface area contributed by atoms with Gasteiger partial charge in [0.1, 0.15) is 5.82 Å². The van der Waals surface area contributed by atoms with Crippen LogP contribution in [0.15, 0.2) is 46.9 Å². The summed E-state index contributed by atoms with van der Waals surface area (Å²) in [5.41, 5.74) is 3.59. The molecule has 31 heavy (non-hydrogen) atoms. The van der Waals surface area contributed by atoms with Crippen molar-refractivity contribution in [2.24, 2.45) is 5.92 Å². The summed E-state index contributed by atoms with van der Waals surface area (Å²) in [6.07, 6.45) is 1.95. The molecule has 1 aliphatic heterocycles. The Morgan fingerprint density at radius 3 is 2.71 bits per heavy atom. The summed E-state index contributed by atoms with van der Waals surface area (Å²) in [4.78, 5) is 30.4. The van der Waals surface area contributed by atoms with E-state index in [4.69, 9.17) is 0 Å². The van der Waals surface area contributed by atoms with E-state index in [1.807, 2.05) is 36.1 Å². The Bertz CT molecular complexity index is 1120. The molecule has 0 bridgehead atoms. The Hall–Kier alpha value is -2.67. The average Bonchev–Trinajstić information content (AvgIpc) is 3.07. The van der Waals surface area contributed by atoms with Crippen molar-refractivity contribution in [3.63, 3.8) is 0 Å². The van der Waals surface area contributed by atoms with Crippen LogP contribution in [-0.2, 0) is 11.2 Å². The molecular weight excluding hydrogens is 461 g/mol. The molecule has 2 heterocycles. The first-order valence-corrected chi connectivity index (χ1v) is 11.3. The molecular formula is C24H25BrFN3O2. The summed E-state index contributed by atoms with van der Waals surface area (Å²) >= 11 is 3.40. The molecule has 162 valence electrons. The van der Waals surface area contributed by atoms with E-state index in [1.54, 1.807) is 6.07 Å². The largest absolute Gasteiger partial charge is 0.358 e. The number of carbonyl (C=O) groups excluding carboxylic acids is 2. The summed E-state index contributed by atoms with van der Waals surface area (Å²) < 4.78 is 14.5. The SMILES string of the molecule is Cc1[nH]c2ccc(F)cc2c1CCNC(=O)C1CCN(C(=O)c2cccc(Br)c2)CC1. The van der Waals surface area contributed by atoms with E-state index in [0.29, 0.717) is 44.5 Å². The Kier molecular flexibility index (Phi) is 6.41. The maximum atomic E-state index is 13.6. The van der Waals surface area contributed by atoms with Crippen LogP contribution in [0, 0.1) is 18.7 Å². The van der Waals surface area contributed by atoms with Crippen LogP contribution < -0.4 is 5.32 Å². The smallest absolute Gasteiger partial charge is 0.253 e. The van der Waals surface area contributed by atoms with Gasteiger partial charge in [0.2, 0.25) is 5.91 Å². The third kappa shape index (κ3) is 4.82. The van der Waals surface area contributed by atoms with Crippen LogP contribution in [0.2, 0.25) is 0 Å². The molecule has 2 aromatic carbocycles. The molecule has 1 aliphatic rings. The Morgan fingerprint density at radius 1 is 1.19 bits per heavy atom. The van der Waals surface area contributed by atoms with Crippen LogP contribution in [-0.4, -0.2) is 41.3 Å². The fourth-order valence-electron chi connectivity index (χ4n) is 4.28. The summed E-state index contributed by atoms with van der Waals surface area (Å²) in [5, 5.41) is 3.89. The number of H-pyrrole nitrogens is 1. The molecule has 0 radical (unpaired) electrons. The van der Waals surface area contributed by atoms with Crippen molar-refractivity contribution in [2.45, 2.75) is 26.2 Å². The van der Waals surface area contributed by atoms with Gasteiger partial charge in [-0.1, -0.05) is 22.0 Å². The minimum atomic E-state index is -0.263. The number of carbonyl (C=O) groups is 2. The van der Waals surface area contributed by atoms with Crippen LogP contribution in [0.4, 0.5) is 4.39 Å². The second-order valence-electron chi connectivity index (χ2n) is 8.04. The van der Waals surface area contributed by atoms with E-state index in [9.17, 15) is 14.0 Å². The van der Waals surface area contributed by atoms with Crippen molar-refractivity contribution in [3.8, 4) is 0 Å². The highest BCUT2D eigenvalue weighted by Gasteiger charge is 2.27. The van der Waals surface area contributed by atoms with Crippen molar-refractivity contribution in [2.75, 3.05) is 19.6 Å². The topological polar surface area (TPSA) is 65.2 Å². The Labute approximate surface area is 189 Å². The van der Waals surface area contributed by atoms with Gasteiger partial charge in [0.25, 0.3) is 5.91 Å². The number of hydrogen-bond donors (Lipinski definition) is 2. The van der Waals surface area contributed by atoms with Crippen LogP contribution in [0.25, 0.3) is 10.9 Å². The number of nitrogens with zero attached hydrogens (tertiary/aromatic N) is 1. The number of aromatic nitrogens is 1. The molecule has 0 atom stereocenters. The number of amides is 2. The molecule has 2 amide bonds. The van der Waals surface area contributed by atoms with Gasteiger partial charge < -0.3 is 15.2 Å². The minimum Gasteiger partial charge on any atom is -0.358 e. The number of likely N-dealkylation sites (tertiary alicyclic amines) is 1. The number of piperidine rings is 1. The van der Waals surface area contributed by atoms with E-state index in [0.717, 1.165) is 26.6 Å². The van der Waals surface area contributed by atoms with Gasteiger partial charge in [0.15, 0.2) is 0 Å². The first-order valence-electron chi connectivity index (χ1n) is 10.5. The molecule has 1 fully saturated rings. The summed E-state index contributed by atoms with van der Waals surface area (Å²) in [6.45, 7) is 3.61. The number of nitrogens with one attached hydrogen (secondary N) is 2. The lowest BCUT2D eigenvalue weighted by atomic mass is 9.95. The highest BCUT2D eigenvalue weighted by atomic mass is 79.9. The zero-order chi connectivity index (χ0) is 22.0. The van der Waals surface area contributed by atoms with Crippen LogP contribution in [0.3, 0.4) is 0 Å². The van der Waals surface area contributed by atoms with Gasteiger partial charge in [-0.2, -0.15) is 0 Å². The fourth-order valence-corrected chi connectivity index (χ4v) is 4.68. The Morgan fingerprint density at radius 2 is 1.97 bits per heavy atom. The third-order valence-electron chi connectivity index (χ3n) is 5.98. The first-order chi connectivity index (χ1) is 14.9. The zero-order valence-corrected chi connectivity index (χ0v) is 19.0. The number of hydrogen-bond acceptors (Lipinski definition) is 2. The van der Waals surface area contributed by atoms with Gasteiger partial charge in [0.05, 0.1) is 0 Å². The normalized spacial score (nSPS) is 14.7. The lowest BCUT2D eigenvalue weighted by Gasteiger charge is -2.31. The van der Waals surface area contributed by atoms with Crippen LogP contribution in [0.5, 0.6) is 0 Å². The van der Waals surface area contributed by atoms with Crippen molar-refractivity contribution in [1.82, 2.24) is 15.2 Å². The predicted octanol–water partition coefficient (Wildman–Crippen LogP) is 4.59. The van der Waals surface area contributed by atoms with Gasteiger partial charge in [-0.25, -0.2) is 4.39 Å². The molecule has 2 N–H and O–H groups in total. The summed E-state index contributed by atoms with van der Waals surface area (Å²) in [6, 6.07) is 12.1. The minimum absolute atomic E-state index is 0.00204. The number of aromatic amines is 1. The predicted molar refractivity (Wildman–Crippen MR) is 122 cm³/mol. The molecule has 0 spiro atoms. The lowest BCUT2D eigenvalue weighted by Crippen LogP contribution is -2.43. The molecule has 0 saturated carbocycles. The van der Waals surface area contributed by atoms with Gasteiger partial charge >= 0.3 is 0 Å².